The molecule has 0 saturated carbocycles. The Labute approximate surface area is 251 Å². The molecule has 18 heteroatoms. The van der Waals surface area contributed by atoms with Crippen LogP contribution in [0.2, 0.25) is 0 Å². The number of nitrogens with zero attached hydrogens (tertiary/aromatic N) is 6. The number of hydrogen-bond acceptors (Lipinski definition) is 5. The molecule has 2 aromatic rings. The fourth-order valence-corrected chi connectivity index (χ4v) is 4.55. The van der Waals surface area contributed by atoms with Gasteiger partial charge in [-0.15, -0.1) is 0 Å². The Morgan fingerprint density at radius 2 is 1.18 bits per heavy atom. The second-order valence-corrected chi connectivity index (χ2v) is 9.58. The van der Waals surface area contributed by atoms with E-state index in [9.17, 15) is 45.5 Å². The monoisotopic (exact) mass is 640 g/mol. The standard InChI is InChI=1S/C14H12F3N3O3.C13H10F3N3O3/c1-18-10-5-4-8(6-9(10)14(15,16)17)20-11(12(21)23-3)7-19(2)13(20)22;1-17-9-4-3-7(5-8(9)13(14,15)16)19-10(11(20)21)6-18(2)12(19)22/h4-6,11H,7H2,2-3H3;3-5,10H,6H2,2H3,(H,20,21)/t11-;10-/m11/s1. The molecule has 0 radical (unpaired) electrons. The lowest BCUT2D eigenvalue weighted by Crippen LogP contribution is -2.40. The predicted octanol–water partition coefficient (Wildman–Crippen LogP) is 5.25. The highest BCUT2D eigenvalue weighted by atomic mass is 19.4. The van der Waals surface area contributed by atoms with Crippen molar-refractivity contribution < 1.29 is 55.4 Å². The number of ether oxygens (including phenoxy) is 1. The van der Waals surface area contributed by atoms with Gasteiger partial charge in [-0.25, -0.2) is 28.9 Å². The van der Waals surface area contributed by atoms with E-state index in [1.807, 2.05) is 0 Å². The van der Waals surface area contributed by atoms with E-state index in [0.29, 0.717) is 12.1 Å². The Hall–Kier alpha value is -5.52. The Bertz CT molecular complexity index is 1620. The van der Waals surface area contributed by atoms with Crippen molar-refractivity contribution in [3.63, 3.8) is 0 Å². The minimum atomic E-state index is -4.77. The van der Waals surface area contributed by atoms with E-state index in [4.69, 9.17) is 18.3 Å². The summed E-state index contributed by atoms with van der Waals surface area (Å²) in [7, 11) is 3.92. The summed E-state index contributed by atoms with van der Waals surface area (Å²) < 4.78 is 82.6. The van der Waals surface area contributed by atoms with Crippen molar-refractivity contribution in [3.05, 3.63) is 70.4 Å². The van der Waals surface area contributed by atoms with Gasteiger partial charge in [-0.2, -0.15) is 26.3 Å². The second-order valence-electron chi connectivity index (χ2n) is 9.58. The van der Waals surface area contributed by atoms with Gasteiger partial charge in [0.15, 0.2) is 23.5 Å². The fourth-order valence-electron chi connectivity index (χ4n) is 4.55. The van der Waals surface area contributed by atoms with Crippen LogP contribution in [0.5, 0.6) is 0 Å². The number of rotatable bonds is 4. The maximum Gasteiger partial charge on any atom is 0.407 e. The average Bonchev–Trinajstić information content (AvgIpc) is 3.45. The molecule has 2 saturated heterocycles. The molecule has 4 rings (SSSR count). The van der Waals surface area contributed by atoms with Crippen LogP contribution in [0.3, 0.4) is 0 Å². The molecule has 0 aromatic heterocycles. The molecule has 1 N–H and O–H groups in total. The van der Waals surface area contributed by atoms with E-state index in [-0.39, 0.29) is 24.5 Å². The number of carboxylic acid groups (broad SMARTS) is 1. The molecule has 2 aliphatic rings. The summed E-state index contributed by atoms with van der Waals surface area (Å²) in [6.45, 7) is 13.4. The smallest absolute Gasteiger partial charge is 0.407 e. The largest absolute Gasteiger partial charge is 0.480 e. The van der Waals surface area contributed by atoms with Crippen molar-refractivity contribution in [2.24, 2.45) is 0 Å². The molecule has 4 amide bonds. The summed E-state index contributed by atoms with van der Waals surface area (Å²) in [5, 5.41) is 9.12. The number of esters is 1. The number of benzene rings is 2. The Morgan fingerprint density at radius 3 is 1.51 bits per heavy atom. The lowest BCUT2D eigenvalue weighted by atomic mass is 10.1. The molecule has 0 spiro atoms. The molecule has 2 atom stereocenters. The highest BCUT2D eigenvalue weighted by molar-refractivity contribution is 6.02. The van der Waals surface area contributed by atoms with Crippen LogP contribution in [0.4, 0.5) is 58.7 Å². The van der Waals surface area contributed by atoms with Crippen molar-refractivity contribution in [2.75, 3.05) is 44.1 Å². The van der Waals surface area contributed by atoms with Crippen molar-refractivity contribution >= 4 is 46.8 Å². The van der Waals surface area contributed by atoms with Crippen LogP contribution in [0, 0.1) is 13.1 Å². The van der Waals surface area contributed by atoms with Gasteiger partial charge in [0.1, 0.15) is 0 Å². The summed E-state index contributed by atoms with van der Waals surface area (Å²) in [6.07, 6.45) is -9.52. The number of carbonyl (C=O) groups is 4. The maximum absolute atomic E-state index is 13.0. The third kappa shape index (κ3) is 6.85. The second kappa shape index (κ2) is 12.6. The third-order valence-corrected chi connectivity index (χ3v) is 6.71. The van der Waals surface area contributed by atoms with Gasteiger partial charge in [-0.05, 0) is 24.3 Å². The van der Waals surface area contributed by atoms with Crippen LogP contribution in [0.15, 0.2) is 36.4 Å². The van der Waals surface area contributed by atoms with E-state index in [2.05, 4.69) is 14.4 Å². The minimum Gasteiger partial charge on any atom is -0.480 e. The normalized spacial score (nSPS) is 18.3. The zero-order valence-corrected chi connectivity index (χ0v) is 23.5. The molecular weight excluding hydrogens is 618 g/mol. The lowest BCUT2D eigenvalue weighted by molar-refractivity contribution is -0.142. The van der Waals surface area contributed by atoms with Crippen LogP contribution < -0.4 is 9.80 Å². The van der Waals surface area contributed by atoms with Crippen molar-refractivity contribution in [2.45, 2.75) is 24.4 Å². The quantitative estimate of drug-likeness (QED) is 0.277. The van der Waals surface area contributed by atoms with Crippen LogP contribution >= 0.6 is 0 Å². The van der Waals surface area contributed by atoms with Gasteiger partial charge in [0.05, 0.1) is 44.5 Å². The predicted molar refractivity (Wildman–Crippen MR) is 144 cm³/mol. The summed E-state index contributed by atoms with van der Waals surface area (Å²) >= 11 is 0. The van der Waals surface area contributed by atoms with Crippen molar-refractivity contribution in [1.82, 2.24) is 9.80 Å². The van der Waals surface area contributed by atoms with E-state index < -0.39 is 70.9 Å². The number of amides is 4. The van der Waals surface area contributed by atoms with Gasteiger partial charge in [-0.3, -0.25) is 9.80 Å². The van der Waals surface area contributed by atoms with Gasteiger partial charge in [0, 0.05) is 25.5 Å². The molecule has 12 nitrogen and oxygen atoms in total. The van der Waals surface area contributed by atoms with Crippen molar-refractivity contribution in [3.8, 4) is 0 Å². The zero-order valence-electron chi connectivity index (χ0n) is 23.5. The van der Waals surface area contributed by atoms with Gasteiger partial charge >= 0.3 is 36.4 Å². The molecule has 2 fully saturated rings. The van der Waals surface area contributed by atoms with E-state index in [0.717, 1.165) is 40.0 Å². The number of urea groups is 2. The molecule has 2 heterocycles. The number of halogens is 6. The SMILES string of the molecule is [C-]#[N+]c1ccc(N2C(=O)N(C)C[C@@H]2C(=O)O)cc1C(F)(F)F.[C-]#[N+]c1ccc(N2C(=O)N(C)C[C@@H]2C(=O)OC)cc1C(F)(F)F. The van der Waals surface area contributed by atoms with E-state index >= 15 is 0 Å². The molecule has 2 aromatic carbocycles. The number of likely N-dealkylation sites (N-methyl/N-ethyl adjacent to an activating group) is 2. The number of hydrogen-bond donors (Lipinski definition) is 1. The number of carbonyl (C=O) groups excluding carboxylic acids is 3. The first-order chi connectivity index (χ1) is 20.9. The average molecular weight is 640 g/mol. The first kappa shape index (κ1) is 34.0. The summed E-state index contributed by atoms with van der Waals surface area (Å²) in [5.74, 6) is -2.05. The molecular formula is C27H22F6N6O6. The Morgan fingerprint density at radius 1 is 0.800 bits per heavy atom. The summed E-state index contributed by atoms with van der Waals surface area (Å²) in [4.78, 5) is 56.8. The highest BCUT2D eigenvalue weighted by Gasteiger charge is 2.44. The van der Waals surface area contributed by atoms with E-state index in [1.165, 1.54) is 25.1 Å². The number of carboxylic acids is 1. The first-order valence-electron chi connectivity index (χ1n) is 12.4. The Kier molecular flexibility index (Phi) is 9.52. The van der Waals surface area contributed by atoms with E-state index in [1.54, 1.807) is 0 Å². The minimum absolute atomic E-state index is 0.00255. The number of methoxy groups -OCH3 is 1. The molecule has 45 heavy (non-hydrogen) atoms. The van der Waals surface area contributed by atoms with Crippen molar-refractivity contribution in [1.29, 1.82) is 0 Å². The molecule has 2 aliphatic heterocycles. The number of anilines is 2. The molecule has 0 unspecified atom stereocenters. The fraction of sp³-hybridized carbons (Fsp3) is 0.333. The molecule has 238 valence electrons. The topological polar surface area (TPSA) is 119 Å². The maximum atomic E-state index is 13.0. The first-order valence-corrected chi connectivity index (χ1v) is 12.4. The van der Waals surface area contributed by atoms with Crippen LogP contribution in [-0.4, -0.2) is 85.3 Å². The lowest BCUT2D eigenvalue weighted by Gasteiger charge is -2.22. The number of alkyl halides is 6. The molecule has 0 aliphatic carbocycles. The molecule has 0 bridgehead atoms. The highest BCUT2D eigenvalue weighted by Crippen LogP contribution is 2.41. The third-order valence-electron chi connectivity index (χ3n) is 6.71. The van der Waals surface area contributed by atoms with Crippen LogP contribution in [0.25, 0.3) is 9.69 Å². The summed E-state index contributed by atoms with van der Waals surface area (Å²) in [5.41, 5.74) is -3.86. The van der Waals surface area contributed by atoms with Gasteiger partial charge in [0.2, 0.25) is 0 Å². The Balaban J connectivity index is 0.000000246. The van der Waals surface area contributed by atoms with Gasteiger partial charge < -0.3 is 19.6 Å². The number of aliphatic carboxylic acids is 1. The zero-order chi connectivity index (χ0) is 34.0. The van der Waals surface area contributed by atoms with Gasteiger partial charge in [0.25, 0.3) is 0 Å². The van der Waals surface area contributed by atoms with Crippen LogP contribution in [0.1, 0.15) is 11.1 Å². The van der Waals surface area contributed by atoms with Crippen LogP contribution in [-0.2, 0) is 26.7 Å². The summed E-state index contributed by atoms with van der Waals surface area (Å²) in [6, 6.07) is 1.90. The van der Waals surface area contributed by atoms with Gasteiger partial charge in [-0.1, -0.05) is 12.1 Å².